The van der Waals surface area contributed by atoms with E-state index in [0.717, 1.165) is 53.4 Å². The largest absolute Gasteiger partial charge is 0.500 e. The second-order valence-electron chi connectivity index (χ2n) is 8.71. The van der Waals surface area contributed by atoms with Gasteiger partial charge in [0, 0.05) is 27.4 Å². The summed E-state index contributed by atoms with van der Waals surface area (Å²) in [5.74, 6) is 7.41. The molecule has 5 heteroatoms. The van der Waals surface area contributed by atoms with Crippen molar-refractivity contribution >= 4 is 8.80 Å². The molecule has 10 atom stereocenters. The monoisotopic (exact) mass is 338 g/mol. The van der Waals surface area contributed by atoms with Crippen LogP contribution in [0.3, 0.4) is 0 Å². The molecule has 4 bridgehead atoms. The first-order valence-corrected chi connectivity index (χ1v) is 11.4. The van der Waals surface area contributed by atoms with Crippen molar-refractivity contribution < 1.29 is 18.0 Å². The van der Waals surface area contributed by atoms with E-state index in [9.17, 15) is 0 Å². The van der Waals surface area contributed by atoms with Gasteiger partial charge in [-0.1, -0.05) is 6.92 Å². The van der Waals surface area contributed by atoms with Crippen LogP contribution < -0.4 is 0 Å². The average Bonchev–Trinajstić information content (AvgIpc) is 2.90. The molecule has 130 valence electrons. The summed E-state index contributed by atoms with van der Waals surface area (Å²) in [7, 11) is 2.79. The maximum absolute atomic E-state index is 5.98. The summed E-state index contributed by atoms with van der Waals surface area (Å²) in [6.07, 6.45) is 5.43. The molecule has 4 aliphatic carbocycles. The van der Waals surface area contributed by atoms with Crippen LogP contribution in [-0.2, 0) is 18.0 Å². The Labute approximate surface area is 140 Å². The molecule has 4 saturated carbocycles. The van der Waals surface area contributed by atoms with Crippen LogP contribution in [-0.4, -0.2) is 42.3 Å². The molecule has 0 aromatic heterocycles. The fourth-order valence-corrected chi connectivity index (χ4v) is 9.55. The van der Waals surface area contributed by atoms with E-state index < -0.39 is 8.80 Å². The molecule has 0 aromatic rings. The van der Waals surface area contributed by atoms with Crippen LogP contribution in [0.1, 0.15) is 26.2 Å². The third-order valence-corrected chi connectivity index (χ3v) is 11.2. The molecule has 10 unspecified atom stereocenters. The van der Waals surface area contributed by atoms with E-state index in [1.807, 2.05) is 0 Å². The predicted molar refractivity (Wildman–Crippen MR) is 87.7 cm³/mol. The molecular formula is C18H30O4Si. The Morgan fingerprint density at radius 3 is 2.17 bits per heavy atom. The molecule has 4 nitrogen and oxygen atoms in total. The van der Waals surface area contributed by atoms with Crippen LogP contribution >= 0.6 is 0 Å². The van der Waals surface area contributed by atoms with E-state index >= 15 is 0 Å². The minimum absolute atomic E-state index is 0.652. The van der Waals surface area contributed by atoms with Crippen molar-refractivity contribution in [2.45, 2.75) is 44.4 Å². The summed E-state index contributed by atoms with van der Waals surface area (Å²) in [6.45, 7) is 2.53. The molecule has 0 spiro atoms. The number of hydrogen-bond donors (Lipinski definition) is 0. The third kappa shape index (κ3) is 1.86. The Kier molecular flexibility index (Phi) is 3.36. The molecule has 1 saturated heterocycles. The zero-order valence-corrected chi connectivity index (χ0v) is 15.7. The Balaban J connectivity index is 1.31. The number of fused-ring (bicyclic) bond motifs is 12. The summed E-state index contributed by atoms with van der Waals surface area (Å²) in [5, 5.41) is 0. The lowest BCUT2D eigenvalue weighted by Crippen LogP contribution is -2.43. The van der Waals surface area contributed by atoms with Crippen LogP contribution in [0, 0.1) is 47.3 Å². The summed E-state index contributed by atoms with van der Waals surface area (Å²) < 4.78 is 22.9. The maximum Gasteiger partial charge on any atom is 0.500 e. The number of hydrogen-bond acceptors (Lipinski definition) is 4. The fraction of sp³-hybridized carbons (Fsp3) is 1.00. The average molecular weight is 339 g/mol. The zero-order chi connectivity index (χ0) is 15.9. The first-order chi connectivity index (χ1) is 11.1. The number of epoxide rings is 1. The summed E-state index contributed by atoms with van der Waals surface area (Å²) in [5.41, 5.74) is 0. The summed E-state index contributed by atoms with van der Waals surface area (Å²) >= 11 is 0. The van der Waals surface area contributed by atoms with Gasteiger partial charge in [0.05, 0.1) is 12.2 Å². The van der Waals surface area contributed by atoms with Crippen LogP contribution in [0.5, 0.6) is 0 Å². The number of ether oxygens (including phenoxy) is 1. The van der Waals surface area contributed by atoms with Crippen molar-refractivity contribution in [1.82, 2.24) is 0 Å². The highest BCUT2D eigenvalue weighted by atomic mass is 28.4. The molecule has 1 aliphatic heterocycles. The molecule has 0 radical (unpaired) electrons. The molecule has 5 rings (SSSR count). The fourth-order valence-electron chi connectivity index (χ4n) is 7.71. The highest BCUT2D eigenvalue weighted by Crippen LogP contribution is 2.74. The van der Waals surface area contributed by atoms with Crippen LogP contribution in [0.2, 0.25) is 6.04 Å². The highest BCUT2D eigenvalue weighted by Gasteiger charge is 2.74. The van der Waals surface area contributed by atoms with Crippen LogP contribution in [0.4, 0.5) is 0 Å². The standard InChI is InChI=1S/C18H30O4Si/c1-9-11-7-10(5-6-23(19-2,20-3)21-4)14(9)16-13-8-12(15(11)16)17-18(13)22-17/h9-18H,5-8H2,1-4H3. The number of rotatable bonds is 6. The van der Waals surface area contributed by atoms with Gasteiger partial charge in [-0.3, -0.25) is 0 Å². The van der Waals surface area contributed by atoms with Gasteiger partial charge in [-0.2, -0.15) is 0 Å². The zero-order valence-electron chi connectivity index (χ0n) is 14.7. The van der Waals surface area contributed by atoms with Gasteiger partial charge in [-0.15, -0.1) is 0 Å². The molecular weight excluding hydrogens is 308 g/mol. The Bertz CT molecular complexity index is 487. The first kappa shape index (κ1) is 15.3. The topological polar surface area (TPSA) is 40.2 Å². The van der Waals surface area contributed by atoms with Gasteiger partial charge < -0.3 is 18.0 Å². The van der Waals surface area contributed by atoms with E-state index in [0.29, 0.717) is 12.2 Å². The van der Waals surface area contributed by atoms with Gasteiger partial charge in [0.2, 0.25) is 0 Å². The summed E-state index contributed by atoms with van der Waals surface area (Å²) in [6, 6.07) is 0.963. The molecule has 5 fully saturated rings. The second kappa shape index (κ2) is 5.04. The lowest BCUT2D eigenvalue weighted by Gasteiger charge is -2.38. The normalized spacial score (nSPS) is 55.3. The highest BCUT2D eigenvalue weighted by molar-refractivity contribution is 6.60. The first-order valence-electron chi connectivity index (χ1n) is 9.45. The van der Waals surface area contributed by atoms with Gasteiger partial charge in [-0.05, 0) is 66.6 Å². The van der Waals surface area contributed by atoms with E-state index in [4.69, 9.17) is 18.0 Å². The lowest BCUT2D eigenvalue weighted by molar-refractivity contribution is 0.0996. The Morgan fingerprint density at radius 2 is 1.52 bits per heavy atom. The van der Waals surface area contributed by atoms with E-state index in [1.165, 1.54) is 19.3 Å². The minimum Gasteiger partial charge on any atom is -0.377 e. The van der Waals surface area contributed by atoms with E-state index in [-0.39, 0.29) is 0 Å². The molecule has 0 aromatic carbocycles. The predicted octanol–water partition coefficient (Wildman–Crippen LogP) is 2.81. The minimum atomic E-state index is -2.41. The summed E-state index contributed by atoms with van der Waals surface area (Å²) in [4.78, 5) is 0. The quantitative estimate of drug-likeness (QED) is 0.424. The van der Waals surface area contributed by atoms with Gasteiger partial charge in [0.1, 0.15) is 0 Å². The van der Waals surface area contributed by atoms with Crippen LogP contribution in [0.15, 0.2) is 0 Å². The van der Waals surface area contributed by atoms with E-state index in [2.05, 4.69) is 6.92 Å². The Morgan fingerprint density at radius 1 is 0.870 bits per heavy atom. The molecule has 0 N–H and O–H groups in total. The van der Waals surface area contributed by atoms with Crippen molar-refractivity contribution in [1.29, 1.82) is 0 Å². The Hall–Kier alpha value is 0.0569. The van der Waals surface area contributed by atoms with E-state index in [1.54, 1.807) is 21.3 Å². The third-order valence-electron chi connectivity index (χ3n) is 8.48. The van der Waals surface area contributed by atoms with Gasteiger partial charge in [0.25, 0.3) is 0 Å². The van der Waals surface area contributed by atoms with Crippen molar-refractivity contribution in [2.75, 3.05) is 21.3 Å². The van der Waals surface area contributed by atoms with Crippen molar-refractivity contribution in [3.63, 3.8) is 0 Å². The van der Waals surface area contributed by atoms with Crippen LogP contribution in [0.25, 0.3) is 0 Å². The van der Waals surface area contributed by atoms with Crippen molar-refractivity contribution in [3.05, 3.63) is 0 Å². The SMILES string of the molecule is CO[Si](CCC1CC2C(C)C1C1C3CC(C4OC34)C21)(OC)OC. The van der Waals surface area contributed by atoms with Gasteiger partial charge >= 0.3 is 8.80 Å². The van der Waals surface area contributed by atoms with Gasteiger partial charge in [-0.25, -0.2) is 0 Å². The molecule has 1 heterocycles. The molecule has 0 amide bonds. The molecule has 5 aliphatic rings. The van der Waals surface area contributed by atoms with Gasteiger partial charge in [0.15, 0.2) is 0 Å². The van der Waals surface area contributed by atoms with Crippen molar-refractivity contribution in [2.24, 2.45) is 47.3 Å². The molecule has 23 heavy (non-hydrogen) atoms. The lowest BCUT2D eigenvalue weighted by atomic mass is 9.67. The van der Waals surface area contributed by atoms with Crippen molar-refractivity contribution in [3.8, 4) is 0 Å². The smallest absolute Gasteiger partial charge is 0.377 e. The second-order valence-corrected chi connectivity index (χ2v) is 11.8. The maximum atomic E-state index is 5.98.